The molecular weight excluding hydrogens is 398 g/mol. The van der Waals surface area contributed by atoms with Gasteiger partial charge in [-0.25, -0.2) is 4.98 Å². The van der Waals surface area contributed by atoms with Crippen LogP contribution >= 0.6 is 0 Å². The molecule has 1 aliphatic rings. The van der Waals surface area contributed by atoms with Crippen LogP contribution in [0.25, 0.3) is 0 Å². The van der Waals surface area contributed by atoms with E-state index in [-0.39, 0.29) is 17.1 Å². The molecule has 0 bridgehead atoms. The van der Waals surface area contributed by atoms with Gasteiger partial charge in [0.05, 0.1) is 0 Å². The van der Waals surface area contributed by atoms with Crippen molar-refractivity contribution in [2.45, 2.75) is 32.1 Å². The molecule has 0 saturated carbocycles. The van der Waals surface area contributed by atoms with Gasteiger partial charge in [0.2, 0.25) is 0 Å². The lowest BCUT2D eigenvalue weighted by Gasteiger charge is -2.43. The summed E-state index contributed by atoms with van der Waals surface area (Å²) in [5, 5.41) is 10.2. The number of benzene rings is 2. The Labute approximate surface area is 190 Å². The SMILES string of the molecule is CCN(CC)C(=O)c1ccc(C2(c3cccc(O)c3)CCN(c3ccccn3)CC2)cc1. The topological polar surface area (TPSA) is 56.7 Å². The lowest BCUT2D eigenvalue weighted by Crippen LogP contribution is -2.43. The number of phenols is 1. The Morgan fingerprint density at radius 3 is 2.28 bits per heavy atom. The van der Waals surface area contributed by atoms with Crippen LogP contribution < -0.4 is 4.90 Å². The third-order valence-electron chi connectivity index (χ3n) is 6.72. The summed E-state index contributed by atoms with van der Waals surface area (Å²) in [7, 11) is 0. The van der Waals surface area contributed by atoms with E-state index in [1.54, 1.807) is 6.07 Å². The van der Waals surface area contributed by atoms with Crippen LogP contribution in [0.5, 0.6) is 5.75 Å². The van der Waals surface area contributed by atoms with Gasteiger partial charge in [-0.3, -0.25) is 4.79 Å². The van der Waals surface area contributed by atoms with Gasteiger partial charge in [-0.2, -0.15) is 0 Å². The minimum Gasteiger partial charge on any atom is -0.508 e. The molecule has 1 N–H and O–H groups in total. The molecule has 2 heterocycles. The highest BCUT2D eigenvalue weighted by Gasteiger charge is 2.38. The fourth-order valence-corrected chi connectivity index (χ4v) is 4.83. The Morgan fingerprint density at radius 2 is 1.69 bits per heavy atom. The van der Waals surface area contributed by atoms with Gasteiger partial charge in [0.1, 0.15) is 11.6 Å². The van der Waals surface area contributed by atoms with E-state index in [2.05, 4.69) is 34.1 Å². The number of aromatic nitrogens is 1. The fourth-order valence-electron chi connectivity index (χ4n) is 4.83. The third-order valence-corrected chi connectivity index (χ3v) is 6.72. The quantitative estimate of drug-likeness (QED) is 0.608. The molecule has 0 unspecified atom stereocenters. The third kappa shape index (κ3) is 4.20. The maximum atomic E-state index is 12.8. The molecule has 1 aromatic heterocycles. The normalized spacial score (nSPS) is 15.4. The number of carbonyl (C=O) groups excluding carboxylic acids is 1. The molecule has 5 heteroatoms. The summed E-state index contributed by atoms with van der Waals surface area (Å²) < 4.78 is 0. The summed E-state index contributed by atoms with van der Waals surface area (Å²) in [5.74, 6) is 1.34. The van der Waals surface area contributed by atoms with E-state index < -0.39 is 0 Å². The first-order chi connectivity index (χ1) is 15.6. The number of hydrogen-bond donors (Lipinski definition) is 1. The van der Waals surface area contributed by atoms with Gasteiger partial charge >= 0.3 is 0 Å². The largest absolute Gasteiger partial charge is 0.508 e. The van der Waals surface area contributed by atoms with Gasteiger partial charge in [0, 0.05) is 43.4 Å². The van der Waals surface area contributed by atoms with Crippen molar-refractivity contribution in [1.29, 1.82) is 0 Å². The average molecular weight is 430 g/mol. The number of hydrogen-bond acceptors (Lipinski definition) is 4. The van der Waals surface area contributed by atoms with E-state index >= 15 is 0 Å². The Balaban J connectivity index is 1.66. The van der Waals surface area contributed by atoms with E-state index in [0.29, 0.717) is 13.1 Å². The molecule has 0 atom stereocenters. The number of aromatic hydroxyl groups is 1. The second-order valence-electron chi connectivity index (χ2n) is 8.36. The molecule has 1 aliphatic heterocycles. The van der Waals surface area contributed by atoms with Crippen molar-refractivity contribution < 1.29 is 9.90 Å². The number of piperidine rings is 1. The van der Waals surface area contributed by atoms with Crippen LogP contribution in [0.2, 0.25) is 0 Å². The molecule has 0 radical (unpaired) electrons. The van der Waals surface area contributed by atoms with Crippen molar-refractivity contribution in [3.05, 3.63) is 89.6 Å². The van der Waals surface area contributed by atoms with Gasteiger partial charge in [0.15, 0.2) is 0 Å². The molecule has 32 heavy (non-hydrogen) atoms. The van der Waals surface area contributed by atoms with Crippen LogP contribution in [0.1, 0.15) is 48.2 Å². The Kier molecular flexibility index (Phi) is 6.45. The highest BCUT2D eigenvalue weighted by atomic mass is 16.3. The van der Waals surface area contributed by atoms with E-state index in [1.165, 1.54) is 5.56 Å². The second-order valence-corrected chi connectivity index (χ2v) is 8.36. The van der Waals surface area contributed by atoms with Crippen LogP contribution in [0.4, 0.5) is 5.82 Å². The molecule has 1 saturated heterocycles. The first-order valence-corrected chi connectivity index (χ1v) is 11.4. The molecule has 5 nitrogen and oxygen atoms in total. The zero-order chi connectivity index (χ0) is 22.6. The van der Waals surface area contributed by atoms with E-state index in [0.717, 1.165) is 42.9 Å². The van der Waals surface area contributed by atoms with Crippen molar-refractivity contribution in [3.8, 4) is 5.75 Å². The monoisotopic (exact) mass is 429 g/mol. The second kappa shape index (κ2) is 9.43. The van der Waals surface area contributed by atoms with E-state index in [1.807, 2.05) is 61.3 Å². The maximum absolute atomic E-state index is 12.8. The summed E-state index contributed by atoms with van der Waals surface area (Å²) in [6.07, 6.45) is 3.63. The van der Waals surface area contributed by atoms with Gasteiger partial charge in [0.25, 0.3) is 5.91 Å². The molecule has 4 rings (SSSR count). The molecule has 1 fully saturated rings. The van der Waals surface area contributed by atoms with Crippen LogP contribution in [0.3, 0.4) is 0 Å². The number of phenolic OH excluding ortho intramolecular Hbond substituents is 1. The minimum absolute atomic E-state index is 0.0675. The molecule has 2 aromatic carbocycles. The maximum Gasteiger partial charge on any atom is 0.253 e. The van der Waals surface area contributed by atoms with E-state index in [9.17, 15) is 9.90 Å². The number of carbonyl (C=O) groups is 1. The standard InChI is InChI=1S/C27H31N3O2/c1-3-29(4-2)26(32)21-11-13-22(14-12-21)27(23-8-7-9-24(31)20-23)15-18-30(19-16-27)25-10-5-6-17-28-25/h5-14,17,20,31H,3-4,15-16,18-19H2,1-2H3. The highest BCUT2D eigenvalue weighted by Crippen LogP contribution is 2.43. The summed E-state index contributed by atoms with van der Waals surface area (Å²) in [6, 6.07) is 21.7. The molecular formula is C27H31N3O2. The number of rotatable bonds is 6. The van der Waals surface area contributed by atoms with Crippen LogP contribution in [-0.4, -0.2) is 47.1 Å². The van der Waals surface area contributed by atoms with Crippen molar-refractivity contribution in [2.75, 3.05) is 31.1 Å². The van der Waals surface area contributed by atoms with Gasteiger partial charge in [-0.15, -0.1) is 0 Å². The number of nitrogens with zero attached hydrogens (tertiary/aromatic N) is 3. The summed E-state index contributed by atoms with van der Waals surface area (Å²) in [6.45, 7) is 7.14. The van der Waals surface area contributed by atoms with Crippen molar-refractivity contribution in [1.82, 2.24) is 9.88 Å². The van der Waals surface area contributed by atoms with Crippen LogP contribution in [0.15, 0.2) is 72.9 Å². The zero-order valence-electron chi connectivity index (χ0n) is 18.9. The van der Waals surface area contributed by atoms with E-state index in [4.69, 9.17) is 0 Å². The molecule has 0 aliphatic carbocycles. The predicted molar refractivity (Wildman–Crippen MR) is 128 cm³/mol. The molecule has 3 aromatic rings. The smallest absolute Gasteiger partial charge is 0.253 e. The average Bonchev–Trinajstić information content (AvgIpc) is 2.85. The van der Waals surface area contributed by atoms with Gasteiger partial charge < -0.3 is 14.9 Å². The van der Waals surface area contributed by atoms with Gasteiger partial charge in [-0.1, -0.05) is 30.3 Å². The Hall–Kier alpha value is -3.34. The lowest BCUT2D eigenvalue weighted by atomic mass is 9.68. The Bertz CT molecular complexity index is 1040. The number of pyridine rings is 1. The van der Waals surface area contributed by atoms with Crippen molar-refractivity contribution in [3.63, 3.8) is 0 Å². The van der Waals surface area contributed by atoms with Crippen molar-refractivity contribution >= 4 is 11.7 Å². The lowest BCUT2D eigenvalue weighted by molar-refractivity contribution is 0.0773. The zero-order valence-corrected chi connectivity index (χ0v) is 18.9. The Morgan fingerprint density at radius 1 is 0.969 bits per heavy atom. The van der Waals surface area contributed by atoms with Crippen LogP contribution in [-0.2, 0) is 5.41 Å². The first kappa shape index (κ1) is 21.9. The molecule has 1 amide bonds. The van der Waals surface area contributed by atoms with Crippen molar-refractivity contribution in [2.24, 2.45) is 0 Å². The van der Waals surface area contributed by atoms with Crippen LogP contribution in [0, 0.1) is 0 Å². The number of amides is 1. The highest BCUT2D eigenvalue weighted by molar-refractivity contribution is 5.94. The summed E-state index contributed by atoms with van der Waals surface area (Å²) in [5.41, 5.74) is 2.79. The minimum atomic E-state index is -0.221. The summed E-state index contributed by atoms with van der Waals surface area (Å²) >= 11 is 0. The van der Waals surface area contributed by atoms with Gasteiger partial charge in [-0.05, 0) is 74.2 Å². The predicted octanol–water partition coefficient (Wildman–Crippen LogP) is 4.86. The fraction of sp³-hybridized carbons (Fsp3) is 0.333. The summed E-state index contributed by atoms with van der Waals surface area (Å²) in [4.78, 5) is 21.4. The number of anilines is 1. The first-order valence-electron chi connectivity index (χ1n) is 11.4. The molecule has 0 spiro atoms. The molecule has 166 valence electrons.